The zero-order chi connectivity index (χ0) is 17.8. The van der Waals surface area contributed by atoms with E-state index in [1.165, 1.54) is 18.2 Å². The molecule has 0 saturated carbocycles. The lowest BCUT2D eigenvalue weighted by atomic mass is 10.2. The van der Waals surface area contributed by atoms with Crippen LogP contribution in [0.2, 0.25) is 0 Å². The minimum absolute atomic E-state index is 0.0327. The zero-order valence-corrected chi connectivity index (χ0v) is 13.7. The van der Waals surface area contributed by atoms with E-state index in [0.717, 1.165) is 0 Å². The highest BCUT2D eigenvalue weighted by Gasteiger charge is 2.27. The van der Waals surface area contributed by atoms with Crippen molar-refractivity contribution in [2.45, 2.75) is 13.0 Å². The molecule has 7 nitrogen and oxygen atoms in total. The SMILES string of the molecule is Cc1cc(=O)[nH]c([C@@H]2CN(C(=O)COc3ccccc3F)CCO2)n1. The Hall–Kier alpha value is -2.74. The summed E-state index contributed by atoms with van der Waals surface area (Å²) in [5, 5.41) is 0. The molecule has 1 saturated heterocycles. The molecule has 1 aromatic carbocycles. The number of benzene rings is 1. The molecule has 132 valence electrons. The molecule has 1 fully saturated rings. The molecule has 25 heavy (non-hydrogen) atoms. The number of hydrogen-bond donors (Lipinski definition) is 1. The van der Waals surface area contributed by atoms with E-state index in [0.29, 0.717) is 24.7 Å². The Morgan fingerprint density at radius 1 is 1.48 bits per heavy atom. The number of H-pyrrole nitrogens is 1. The summed E-state index contributed by atoms with van der Waals surface area (Å²) < 4.78 is 24.4. The Labute approximate surface area is 143 Å². The van der Waals surface area contributed by atoms with Crippen LogP contribution in [-0.4, -0.2) is 47.1 Å². The van der Waals surface area contributed by atoms with Crippen molar-refractivity contribution in [3.8, 4) is 5.75 Å². The molecule has 8 heteroatoms. The summed E-state index contributed by atoms with van der Waals surface area (Å²) in [6, 6.07) is 7.30. The van der Waals surface area contributed by atoms with Crippen molar-refractivity contribution in [2.75, 3.05) is 26.3 Å². The minimum atomic E-state index is -0.517. The van der Waals surface area contributed by atoms with Gasteiger partial charge in [-0.3, -0.25) is 9.59 Å². The normalized spacial score (nSPS) is 17.4. The molecule has 1 aliphatic heterocycles. The number of carbonyl (C=O) groups is 1. The van der Waals surface area contributed by atoms with Crippen LogP contribution < -0.4 is 10.3 Å². The number of para-hydroxylation sites is 1. The van der Waals surface area contributed by atoms with Crippen LogP contribution in [0, 0.1) is 12.7 Å². The van der Waals surface area contributed by atoms with E-state index in [4.69, 9.17) is 9.47 Å². The number of nitrogens with one attached hydrogen (secondary N) is 1. The van der Waals surface area contributed by atoms with Gasteiger partial charge in [0.25, 0.3) is 11.5 Å². The molecule has 0 radical (unpaired) electrons. The van der Waals surface area contributed by atoms with Crippen LogP contribution in [0.5, 0.6) is 5.75 Å². The maximum Gasteiger partial charge on any atom is 0.260 e. The number of nitrogens with zero attached hydrogens (tertiary/aromatic N) is 2. The number of amides is 1. The standard InChI is InChI=1S/C17H18FN3O4/c1-11-8-15(22)20-17(19-11)14-9-21(6-7-24-14)16(23)10-25-13-5-3-2-4-12(13)18/h2-5,8,14H,6-7,9-10H2,1H3,(H,19,20,22)/t14-/m0/s1. The fraction of sp³-hybridized carbons (Fsp3) is 0.353. The van der Waals surface area contributed by atoms with Gasteiger partial charge in [0.2, 0.25) is 0 Å². The van der Waals surface area contributed by atoms with Gasteiger partial charge < -0.3 is 19.4 Å². The zero-order valence-electron chi connectivity index (χ0n) is 13.7. The van der Waals surface area contributed by atoms with Gasteiger partial charge in [0.1, 0.15) is 11.9 Å². The number of aryl methyl sites for hydroxylation is 1. The van der Waals surface area contributed by atoms with Crippen molar-refractivity contribution >= 4 is 5.91 Å². The molecule has 1 atom stereocenters. The molecule has 1 amide bonds. The fourth-order valence-electron chi connectivity index (χ4n) is 2.59. The molecule has 1 aromatic heterocycles. The van der Waals surface area contributed by atoms with E-state index in [1.54, 1.807) is 24.0 Å². The van der Waals surface area contributed by atoms with E-state index in [1.807, 2.05) is 0 Å². The van der Waals surface area contributed by atoms with Crippen LogP contribution in [0.3, 0.4) is 0 Å². The summed E-state index contributed by atoms with van der Waals surface area (Å²) >= 11 is 0. The molecule has 0 aliphatic carbocycles. The summed E-state index contributed by atoms with van der Waals surface area (Å²) in [6.07, 6.45) is -0.515. The van der Waals surface area contributed by atoms with E-state index in [-0.39, 0.29) is 30.4 Å². The Kier molecular flexibility index (Phi) is 5.08. The highest BCUT2D eigenvalue weighted by Crippen LogP contribution is 2.19. The number of rotatable bonds is 4. The molecule has 0 bridgehead atoms. The quantitative estimate of drug-likeness (QED) is 0.898. The summed E-state index contributed by atoms with van der Waals surface area (Å²) in [4.78, 5) is 32.3. The first kappa shape index (κ1) is 17.1. The van der Waals surface area contributed by atoms with Crippen LogP contribution in [-0.2, 0) is 9.53 Å². The largest absolute Gasteiger partial charge is 0.481 e. The molecular formula is C17H18FN3O4. The summed E-state index contributed by atoms with van der Waals surface area (Å²) in [6.45, 7) is 2.39. The molecule has 0 unspecified atom stereocenters. The molecule has 1 aliphatic rings. The second-order valence-corrected chi connectivity index (χ2v) is 5.69. The second-order valence-electron chi connectivity index (χ2n) is 5.69. The van der Waals surface area contributed by atoms with Crippen LogP contribution in [0.15, 0.2) is 35.1 Å². The summed E-state index contributed by atoms with van der Waals surface area (Å²) in [7, 11) is 0. The van der Waals surface area contributed by atoms with Gasteiger partial charge in [-0.2, -0.15) is 0 Å². The van der Waals surface area contributed by atoms with Gasteiger partial charge in [-0.15, -0.1) is 0 Å². The van der Waals surface area contributed by atoms with Crippen molar-refractivity contribution < 1.29 is 18.7 Å². The minimum Gasteiger partial charge on any atom is -0.481 e. The van der Waals surface area contributed by atoms with E-state index in [9.17, 15) is 14.0 Å². The maximum atomic E-state index is 13.5. The number of aromatic amines is 1. The number of halogens is 1. The van der Waals surface area contributed by atoms with Crippen molar-refractivity contribution in [1.82, 2.24) is 14.9 Å². The number of ether oxygens (including phenoxy) is 2. The monoisotopic (exact) mass is 347 g/mol. The third-order valence-electron chi connectivity index (χ3n) is 3.80. The third kappa shape index (κ3) is 4.21. The highest BCUT2D eigenvalue weighted by atomic mass is 19.1. The van der Waals surface area contributed by atoms with Crippen LogP contribution >= 0.6 is 0 Å². The van der Waals surface area contributed by atoms with E-state index in [2.05, 4.69) is 9.97 Å². The smallest absolute Gasteiger partial charge is 0.260 e. The van der Waals surface area contributed by atoms with Crippen molar-refractivity contribution in [1.29, 1.82) is 0 Å². The van der Waals surface area contributed by atoms with Crippen molar-refractivity contribution in [3.63, 3.8) is 0 Å². The van der Waals surface area contributed by atoms with Gasteiger partial charge in [-0.25, -0.2) is 9.37 Å². The second kappa shape index (κ2) is 7.43. The first-order chi connectivity index (χ1) is 12.0. The van der Waals surface area contributed by atoms with Gasteiger partial charge in [0, 0.05) is 18.3 Å². The fourth-order valence-corrected chi connectivity index (χ4v) is 2.59. The highest BCUT2D eigenvalue weighted by molar-refractivity contribution is 5.77. The predicted octanol–water partition coefficient (Wildman–Crippen LogP) is 1.20. The number of morpholine rings is 1. The maximum absolute atomic E-state index is 13.5. The average molecular weight is 347 g/mol. The number of aromatic nitrogens is 2. The Morgan fingerprint density at radius 2 is 2.28 bits per heavy atom. The lowest BCUT2D eigenvalue weighted by Crippen LogP contribution is -2.45. The molecule has 2 aromatic rings. The van der Waals surface area contributed by atoms with Crippen molar-refractivity contribution in [3.05, 3.63) is 58.0 Å². The third-order valence-corrected chi connectivity index (χ3v) is 3.80. The lowest BCUT2D eigenvalue weighted by Gasteiger charge is -2.32. The van der Waals surface area contributed by atoms with Crippen LogP contribution in [0.25, 0.3) is 0 Å². The van der Waals surface area contributed by atoms with Crippen LogP contribution in [0.1, 0.15) is 17.6 Å². The van der Waals surface area contributed by atoms with Gasteiger partial charge >= 0.3 is 0 Å². The Balaban J connectivity index is 1.63. The van der Waals surface area contributed by atoms with Gasteiger partial charge in [0.15, 0.2) is 18.2 Å². The first-order valence-electron chi connectivity index (χ1n) is 7.87. The van der Waals surface area contributed by atoms with Crippen LogP contribution in [0.4, 0.5) is 4.39 Å². The topological polar surface area (TPSA) is 84.5 Å². The average Bonchev–Trinajstić information content (AvgIpc) is 2.60. The number of hydrogen-bond acceptors (Lipinski definition) is 5. The molecule has 0 spiro atoms. The Morgan fingerprint density at radius 3 is 3.04 bits per heavy atom. The van der Waals surface area contributed by atoms with Gasteiger partial charge in [0.05, 0.1) is 13.2 Å². The summed E-state index contributed by atoms with van der Waals surface area (Å²) in [5.74, 6) is -0.383. The Bertz CT molecular complexity index is 824. The van der Waals surface area contributed by atoms with E-state index < -0.39 is 11.9 Å². The van der Waals surface area contributed by atoms with Gasteiger partial charge in [-0.05, 0) is 19.1 Å². The number of carbonyl (C=O) groups excluding carboxylic acids is 1. The molecule has 2 heterocycles. The van der Waals surface area contributed by atoms with Gasteiger partial charge in [-0.1, -0.05) is 12.1 Å². The summed E-state index contributed by atoms with van der Waals surface area (Å²) in [5.41, 5.74) is 0.311. The molecular weight excluding hydrogens is 329 g/mol. The predicted molar refractivity (Wildman–Crippen MR) is 86.8 cm³/mol. The molecule has 1 N–H and O–H groups in total. The lowest BCUT2D eigenvalue weighted by molar-refractivity contribution is -0.141. The first-order valence-corrected chi connectivity index (χ1v) is 7.87. The van der Waals surface area contributed by atoms with Crippen molar-refractivity contribution in [2.24, 2.45) is 0 Å². The molecule has 3 rings (SSSR count). The van der Waals surface area contributed by atoms with E-state index >= 15 is 0 Å².